The Morgan fingerprint density at radius 1 is 1.06 bits per heavy atom. The first-order chi connectivity index (χ1) is 16.3. The van der Waals surface area contributed by atoms with Crippen LogP contribution in [0.4, 0.5) is 4.39 Å². The second-order valence-electron chi connectivity index (χ2n) is 8.81. The molecular weight excluding hydrogens is 435 g/mol. The first kappa shape index (κ1) is 22.2. The van der Waals surface area contributed by atoms with Gasteiger partial charge in [-0.05, 0) is 50.5 Å². The van der Waals surface area contributed by atoms with Crippen molar-refractivity contribution in [1.82, 2.24) is 18.9 Å². The summed E-state index contributed by atoms with van der Waals surface area (Å²) in [4.78, 5) is 34.4. The lowest BCUT2D eigenvalue weighted by atomic mass is 9.90. The van der Waals surface area contributed by atoms with Crippen molar-refractivity contribution in [2.24, 2.45) is 7.05 Å². The highest BCUT2D eigenvalue weighted by molar-refractivity contribution is 5.74. The molecule has 1 aromatic carbocycles. The van der Waals surface area contributed by atoms with Gasteiger partial charge in [0.1, 0.15) is 11.5 Å². The third-order valence-electron chi connectivity index (χ3n) is 6.61. The fraction of sp³-hybridized carbons (Fsp3) is 0.308. The number of halogens is 1. The molecule has 174 valence electrons. The summed E-state index contributed by atoms with van der Waals surface area (Å²) in [6.45, 7) is 4.02. The monoisotopic (exact) mass is 460 g/mol. The summed E-state index contributed by atoms with van der Waals surface area (Å²) < 4.78 is 23.8. The molecule has 5 rings (SSSR count). The molecule has 1 saturated heterocycles. The third-order valence-corrected chi connectivity index (χ3v) is 6.61. The Morgan fingerprint density at radius 2 is 1.85 bits per heavy atom. The van der Waals surface area contributed by atoms with Crippen molar-refractivity contribution in [1.29, 1.82) is 0 Å². The minimum absolute atomic E-state index is 0.0144. The van der Waals surface area contributed by atoms with E-state index in [1.807, 2.05) is 0 Å². The van der Waals surface area contributed by atoms with Gasteiger partial charge in [-0.15, -0.1) is 0 Å². The van der Waals surface area contributed by atoms with Crippen LogP contribution >= 0.6 is 0 Å². The largest absolute Gasteiger partial charge is 0.373 e. The summed E-state index contributed by atoms with van der Waals surface area (Å²) in [6, 6.07) is 9.71. The standard InChI is InChI=1S/C26H25FN4O3/c1-15-16(2)28-25-24(19-6-4-5-7-20(19)27)29-21(14-31(25)26(15)33)17-10-11-34-22(12-17)18-8-9-23(32)30(3)13-18/h4-9,13-14,17,22H,10-12H2,1-3H3/t17-,22+/m0/s1. The van der Waals surface area contributed by atoms with Gasteiger partial charge >= 0.3 is 0 Å². The molecule has 4 heterocycles. The van der Waals surface area contributed by atoms with Crippen LogP contribution in [-0.4, -0.2) is 25.5 Å². The Bertz CT molecular complexity index is 1530. The fourth-order valence-corrected chi connectivity index (χ4v) is 4.49. The lowest BCUT2D eigenvalue weighted by molar-refractivity contribution is 0.00422. The van der Waals surface area contributed by atoms with E-state index in [4.69, 9.17) is 9.72 Å². The number of fused-ring (bicyclic) bond motifs is 1. The van der Waals surface area contributed by atoms with Gasteiger partial charge in [-0.2, -0.15) is 0 Å². The molecule has 8 heteroatoms. The number of pyridine rings is 1. The van der Waals surface area contributed by atoms with Crippen molar-refractivity contribution in [3.63, 3.8) is 0 Å². The molecule has 3 aromatic heterocycles. The highest BCUT2D eigenvalue weighted by atomic mass is 19.1. The Labute approximate surface area is 195 Å². The van der Waals surface area contributed by atoms with Crippen LogP contribution in [-0.2, 0) is 11.8 Å². The molecule has 0 amide bonds. The number of nitrogens with zero attached hydrogens (tertiary/aromatic N) is 4. The van der Waals surface area contributed by atoms with E-state index in [9.17, 15) is 14.0 Å². The summed E-state index contributed by atoms with van der Waals surface area (Å²) in [5, 5.41) is 0. The zero-order valence-electron chi connectivity index (χ0n) is 19.3. The van der Waals surface area contributed by atoms with E-state index in [0.29, 0.717) is 53.3 Å². The van der Waals surface area contributed by atoms with E-state index in [2.05, 4.69) is 4.98 Å². The zero-order chi connectivity index (χ0) is 24.0. The van der Waals surface area contributed by atoms with Crippen molar-refractivity contribution < 1.29 is 9.13 Å². The first-order valence-electron chi connectivity index (χ1n) is 11.3. The van der Waals surface area contributed by atoms with E-state index in [1.54, 1.807) is 57.6 Å². The van der Waals surface area contributed by atoms with Crippen molar-refractivity contribution in [2.45, 2.75) is 38.7 Å². The van der Waals surface area contributed by atoms with Gasteiger partial charge in [0.05, 0.1) is 11.8 Å². The molecule has 0 unspecified atom stereocenters. The van der Waals surface area contributed by atoms with Crippen LogP contribution in [0.2, 0.25) is 0 Å². The molecule has 1 aliphatic heterocycles. The van der Waals surface area contributed by atoms with E-state index < -0.39 is 5.82 Å². The Balaban J connectivity index is 1.65. The molecule has 2 atom stereocenters. The van der Waals surface area contributed by atoms with Crippen LogP contribution in [0.5, 0.6) is 0 Å². The molecule has 4 aromatic rings. The summed E-state index contributed by atoms with van der Waals surface area (Å²) in [5.41, 5.74) is 3.46. The normalized spacial score (nSPS) is 18.4. The van der Waals surface area contributed by atoms with Crippen LogP contribution < -0.4 is 11.1 Å². The van der Waals surface area contributed by atoms with Crippen LogP contribution in [0.15, 0.2) is 58.4 Å². The highest BCUT2D eigenvalue weighted by Gasteiger charge is 2.28. The number of benzene rings is 1. The molecule has 7 nitrogen and oxygen atoms in total. The Kier molecular flexibility index (Phi) is 5.61. The third kappa shape index (κ3) is 3.84. The average molecular weight is 461 g/mol. The lowest BCUT2D eigenvalue weighted by Gasteiger charge is -2.30. The minimum Gasteiger partial charge on any atom is -0.373 e. The van der Waals surface area contributed by atoms with Crippen molar-refractivity contribution in [3.8, 4) is 11.3 Å². The SMILES string of the molecule is Cc1nc2c(-c3ccccc3F)nc([C@H]3CCO[C@@H](c4ccc(=O)n(C)c4)C3)cn2c(=O)c1C. The number of aromatic nitrogens is 4. The number of hydrogen-bond acceptors (Lipinski definition) is 5. The molecule has 0 N–H and O–H groups in total. The smallest absolute Gasteiger partial charge is 0.261 e. The van der Waals surface area contributed by atoms with Crippen molar-refractivity contribution in [2.75, 3.05) is 6.61 Å². The summed E-state index contributed by atoms with van der Waals surface area (Å²) in [7, 11) is 1.71. The van der Waals surface area contributed by atoms with Gasteiger partial charge < -0.3 is 9.30 Å². The molecule has 0 saturated carbocycles. The van der Waals surface area contributed by atoms with Gasteiger partial charge in [-0.3, -0.25) is 14.0 Å². The molecule has 34 heavy (non-hydrogen) atoms. The second kappa shape index (κ2) is 8.61. The quantitative estimate of drug-likeness (QED) is 0.464. The Morgan fingerprint density at radius 3 is 2.62 bits per heavy atom. The van der Waals surface area contributed by atoms with Crippen LogP contribution in [0.1, 0.15) is 47.4 Å². The predicted molar refractivity (Wildman–Crippen MR) is 126 cm³/mol. The van der Waals surface area contributed by atoms with E-state index in [1.165, 1.54) is 21.1 Å². The zero-order valence-corrected chi connectivity index (χ0v) is 19.3. The van der Waals surface area contributed by atoms with Gasteiger partial charge in [0.15, 0.2) is 5.65 Å². The maximum atomic E-state index is 14.8. The topological polar surface area (TPSA) is 78.5 Å². The Hall–Kier alpha value is -3.65. The van der Waals surface area contributed by atoms with E-state index in [0.717, 1.165) is 5.56 Å². The lowest BCUT2D eigenvalue weighted by Crippen LogP contribution is -2.25. The first-order valence-corrected chi connectivity index (χ1v) is 11.3. The van der Waals surface area contributed by atoms with Crippen molar-refractivity contribution in [3.05, 3.63) is 97.8 Å². The molecule has 0 aliphatic carbocycles. The number of ether oxygens (including phenoxy) is 1. The van der Waals surface area contributed by atoms with Crippen LogP contribution in [0, 0.1) is 19.7 Å². The van der Waals surface area contributed by atoms with Gasteiger partial charge in [0.25, 0.3) is 5.56 Å². The second-order valence-corrected chi connectivity index (χ2v) is 8.81. The van der Waals surface area contributed by atoms with Gasteiger partial charge in [-0.1, -0.05) is 12.1 Å². The molecule has 0 bridgehead atoms. The fourth-order valence-electron chi connectivity index (χ4n) is 4.49. The molecule has 1 aliphatic rings. The molecule has 1 fully saturated rings. The number of aryl methyl sites for hydroxylation is 2. The van der Waals surface area contributed by atoms with Gasteiger partial charge in [0.2, 0.25) is 5.56 Å². The van der Waals surface area contributed by atoms with Gasteiger partial charge in [-0.25, -0.2) is 14.4 Å². The number of rotatable bonds is 3. The van der Waals surface area contributed by atoms with Crippen LogP contribution in [0.25, 0.3) is 16.9 Å². The number of hydrogen-bond donors (Lipinski definition) is 0. The van der Waals surface area contributed by atoms with Crippen molar-refractivity contribution >= 4 is 5.65 Å². The molecule has 0 radical (unpaired) electrons. The minimum atomic E-state index is -0.420. The van der Waals surface area contributed by atoms with Gasteiger partial charge in [0, 0.05) is 54.9 Å². The maximum absolute atomic E-state index is 14.8. The van der Waals surface area contributed by atoms with E-state index >= 15 is 0 Å². The molecule has 0 spiro atoms. The predicted octanol–water partition coefficient (Wildman–Crippen LogP) is 3.85. The molecular formula is C26H25FN4O3. The summed E-state index contributed by atoms with van der Waals surface area (Å²) >= 11 is 0. The van der Waals surface area contributed by atoms with E-state index in [-0.39, 0.29) is 23.1 Å². The highest BCUT2D eigenvalue weighted by Crippen LogP contribution is 2.37. The van der Waals surface area contributed by atoms with Crippen LogP contribution in [0.3, 0.4) is 0 Å². The summed E-state index contributed by atoms with van der Waals surface area (Å²) in [6.07, 6.45) is 4.64. The summed E-state index contributed by atoms with van der Waals surface area (Å²) in [5.74, 6) is -0.434. The average Bonchev–Trinajstić information content (AvgIpc) is 2.84. The maximum Gasteiger partial charge on any atom is 0.261 e.